The van der Waals surface area contributed by atoms with E-state index in [0.29, 0.717) is 5.75 Å². The highest BCUT2D eigenvalue weighted by Gasteiger charge is 1.97. The molecule has 0 aliphatic heterocycles. The van der Waals surface area contributed by atoms with Gasteiger partial charge in [0.2, 0.25) is 0 Å². The van der Waals surface area contributed by atoms with E-state index in [9.17, 15) is 0 Å². The summed E-state index contributed by atoms with van der Waals surface area (Å²) in [5, 5.41) is 9.12. The summed E-state index contributed by atoms with van der Waals surface area (Å²) in [5.41, 5.74) is 3.56. The lowest BCUT2D eigenvalue weighted by atomic mass is 9.87. The van der Waals surface area contributed by atoms with Crippen LogP contribution in [0.5, 0.6) is 5.75 Å². The van der Waals surface area contributed by atoms with Crippen LogP contribution < -0.4 is 5.46 Å². The van der Waals surface area contributed by atoms with Gasteiger partial charge in [0.05, 0.1) is 0 Å². The van der Waals surface area contributed by atoms with Gasteiger partial charge in [-0.15, -0.1) is 0 Å². The minimum atomic E-state index is 0.362. The molecule has 0 aliphatic rings. The molecule has 52 valence electrons. The van der Waals surface area contributed by atoms with E-state index in [2.05, 4.69) is 7.85 Å². The van der Waals surface area contributed by atoms with E-state index in [1.807, 2.05) is 13.8 Å². The van der Waals surface area contributed by atoms with Crippen molar-refractivity contribution >= 4 is 13.3 Å². The number of phenols is 1. The third kappa shape index (κ3) is 1.15. The monoisotopic (exact) mass is 134 g/mol. The number of benzene rings is 1. The van der Waals surface area contributed by atoms with E-state index in [-0.39, 0.29) is 0 Å². The molecule has 1 aromatic rings. The lowest BCUT2D eigenvalue weighted by molar-refractivity contribution is 0.474. The molecule has 0 spiro atoms. The Morgan fingerprint density at radius 1 is 1.20 bits per heavy atom. The molecule has 2 heteroatoms. The van der Waals surface area contributed by atoms with Crippen LogP contribution in [0.25, 0.3) is 0 Å². The standard InChI is InChI=1S/C8H11BO/c1-5-3-7(10)4-6(2)8(5)9/h3-4,10H,9H2,1-2H3. The Balaban J connectivity index is 3.31. The van der Waals surface area contributed by atoms with Gasteiger partial charge in [-0.1, -0.05) is 16.6 Å². The summed E-state index contributed by atoms with van der Waals surface area (Å²) in [6.07, 6.45) is 0. The van der Waals surface area contributed by atoms with Gasteiger partial charge in [0, 0.05) is 0 Å². The second-order valence-corrected chi connectivity index (χ2v) is 2.70. The molecule has 1 aromatic carbocycles. The molecule has 1 nitrogen and oxygen atoms in total. The van der Waals surface area contributed by atoms with Gasteiger partial charge in [0.25, 0.3) is 0 Å². The quantitative estimate of drug-likeness (QED) is 0.505. The van der Waals surface area contributed by atoms with Crippen molar-refractivity contribution in [1.29, 1.82) is 0 Å². The van der Waals surface area contributed by atoms with E-state index in [0.717, 1.165) is 11.1 Å². The molecular formula is C8H11BO. The molecule has 0 amide bonds. The van der Waals surface area contributed by atoms with Crippen LogP contribution in [0.3, 0.4) is 0 Å². The zero-order chi connectivity index (χ0) is 7.72. The highest BCUT2D eigenvalue weighted by Crippen LogP contribution is 2.10. The summed E-state index contributed by atoms with van der Waals surface area (Å²) in [6, 6.07) is 3.56. The molecule has 1 N–H and O–H groups in total. The lowest BCUT2D eigenvalue weighted by Crippen LogP contribution is -2.10. The van der Waals surface area contributed by atoms with Crippen molar-refractivity contribution in [1.82, 2.24) is 0 Å². The zero-order valence-electron chi connectivity index (χ0n) is 6.60. The molecule has 1 rings (SSSR count). The third-order valence-corrected chi connectivity index (χ3v) is 1.91. The SMILES string of the molecule is Bc1c(C)cc(O)cc1C. The normalized spacial score (nSPS) is 9.80. The Hall–Kier alpha value is -0.915. The molecule has 0 saturated carbocycles. The van der Waals surface area contributed by atoms with E-state index in [1.165, 1.54) is 5.46 Å². The van der Waals surface area contributed by atoms with Crippen molar-refractivity contribution in [2.75, 3.05) is 0 Å². The molecule has 0 aliphatic carbocycles. The van der Waals surface area contributed by atoms with Crippen LogP contribution in [-0.2, 0) is 0 Å². The number of rotatable bonds is 0. The Morgan fingerprint density at radius 2 is 1.60 bits per heavy atom. The van der Waals surface area contributed by atoms with E-state index >= 15 is 0 Å². The highest BCUT2D eigenvalue weighted by atomic mass is 16.3. The average Bonchev–Trinajstić information content (AvgIpc) is 1.82. The third-order valence-electron chi connectivity index (χ3n) is 1.91. The molecular weight excluding hydrogens is 123 g/mol. The predicted molar refractivity (Wildman–Crippen MR) is 45.8 cm³/mol. The summed E-state index contributed by atoms with van der Waals surface area (Å²) in [7, 11) is 2.06. The fraction of sp³-hybridized carbons (Fsp3) is 0.250. The predicted octanol–water partition coefficient (Wildman–Crippen LogP) is 0.267. The second-order valence-electron chi connectivity index (χ2n) is 2.70. The lowest BCUT2D eigenvalue weighted by Gasteiger charge is -2.04. The molecule has 0 radical (unpaired) electrons. The van der Waals surface area contributed by atoms with Gasteiger partial charge < -0.3 is 5.11 Å². The van der Waals surface area contributed by atoms with Gasteiger partial charge in [0.15, 0.2) is 0 Å². The van der Waals surface area contributed by atoms with Crippen LogP contribution in [0.2, 0.25) is 0 Å². The minimum Gasteiger partial charge on any atom is -0.508 e. The first-order valence-corrected chi connectivity index (χ1v) is 3.38. The molecule has 0 fully saturated rings. The fourth-order valence-corrected chi connectivity index (χ4v) is 1.01. The summed E-state index contributed by atoms with van der Waals surface area (Å²) < 4.78 is 0. The molecule has 0 bridgehead atoms. The first kappa shape index (κ1) is 7.20. The van der Waals surface area contributed by atoms with Gasteiger partial charge in [-0.05, 0) is 26.0 Å². The van der Waals surface area contributed by atoms with E-state index < -0.39 is 0 Å². The van der Waals surface area contributed by atoms with Crippen LogP contribution in [0.4, 0.5) is 0 Å². The van der Waals surface area contributed by atoms with Gasteiger partial charge in [-0.25, -0.2) is 0 Å². The van der Waals surface area contributed by atoms with Crippen LogP contribution in [0, 0.1) is 13.8 Å². The maximum Gasteiger partial charge on any atom is 0.139 e. The largest absolute Gasteiger partial charge is 0.508 e. The van der Waals surface area contributed by atoms with Gasteiger partial charge in [-0.3, -0.25) is 0 Å². The summed E-state index contributed by atoms with van der Waals surface area (Å²) in [5.74, 6) is 0.362. The fourth-order valence-electron chi connectivity index (χ4n) is 1.01. The minimum absolute atomic E-state index is 0.362. The smallest absolute Gasteiger partial charge is 0.139 e. The topological polar surface area (TPSA) is 20.2 Å². The van der Waals surface area contributed by atoms with Gasteiger partial charge in [0.1, 0.15) is 13.6 Å². The van der Waals surface area contributed by atoms with Crippen molar-refractivity contribution < 1.29 is 5.11 Å². The molecule has 0 atom stereocenters. The highest BCUT2D eigenvalue weighted by molar-refractivity contribution is 6.34. The Bertz CT molecular complexity index is 232. The number of aryl methyl sites for hydroxylation is 2. The van der Waals surface area contributed by atoms with Crippen LogP contribution >= 0.6 is 0 Å². The number of aromatic hydroxyl groups is 1. The average molecular weight is 134 g/mol. The Kier molecular flexibility index (Phi) is 1.71. The maximum atomic E-state index is 9.12. The Morgan fingerprint density at radius 3 is 2.00 bits per heavy atom. The second kappa shape index (κ2) is 2.37. The maximum absolute atomic E-state index is 9.12. The molecule has 10 heavy (non-hydrogen) atoms. The summed E-state index contributed by atoms with van der Waals surface area (Å²) in [6.45, 7) is 4.00. The summed E-state index contributed by atoms with van der Waals surface area (Å²) >= 11 is 0. The van der Waals surface area contributed by atoms with Crippen LogP contribution in [0.15, 0.2) is 12.1 Å². The van der Waals surface area contributed by atoms with Crippen molar-refractivity contribution in [2.45, 2.75) is 13.8 Å². The summed E-state index contributed by atoms with van der Waals surface area (Å²) in [4.78, 5) is 0. The van der Waals surface area contributed by atoms with Crippen molar-refractivity contribution in [3.05, 3.63) is 23.3 Å². The van der Waals surface area contributed by atoms with E-state index in [4.69, 9.17) is 5.11 Å². The van der Waals surface area contributed by atoms with Crippen molar-refractivity contribution in [3.63, 3.8) is 0 Å². The molecule has 0 heterocycles. The molecule has 0 unspecified atom stereocenters. The number of phenolic OH excluding ortho intramolecular Hbond substituents is 1. The van der Waals surface area contributed by atoms with Crippen LogP contribution in [-0.4, -0.2) is 13.0 Å². The number of hydrogen-bond donors (Lipinski definition) is 1. The zero-order valence-corrected chi connectivity index (χ0v) is 6.60. The van der Waals surface area contributed by atoms with Crippen molar-refractivity contribution in [3.8, 4) is 5.75 Å². The van der Waals surface area contributed by atoms with Gasteiger partial charge in [-0.2, -0.15) is 0 Å². The van der Waals surface area contributed by atoms with Gasteiger partial charge >= 0.3 is 0 Å². The Labute approximate surface area is 62.1 Å². The van der Waals surface area contributed by atoms with Crippen molar-refractivity contribution in [2.24, 2.45) is 0 Å². The number of hydrogen-bond acceptors (Lipinski definition) is 1. The molecule has 0 saturated heterocycles. The van der Waals surface area contributed by atoms with E-state index in [1.54, 1.807) is 12.1 Å². The van der Waals surface area contributed by atoms with Crippen LogP contribution in [0.1, 0.15) is 11.1 Å². The first-order valence-electron chi connectivity index (χ1n) is 3.38. The molecule has 0 aromatic heterocycles. The first-order chi connectivity index (χ1) is 4.61.